The molecule has 1 aromatic carbocycles. The van der Waals surface area contributed by atoms with Gasteiger partial charge in [-0.1, -0.05) is 12.1 Å². The standard InChI is InChI=1S/C9H9N3O6/c13-10(14)5-8(6-11(15)16)7-1-3-9(4-2-7)12(17)18/h1-4,8H,5-6H2. The van der Waals surface area contributed by atoms with Crippen molar-refractivity contribution in [2.75, 3.05) is 13.1 Å². The molecular formula is C9H9N3O6. The summed E-state index contributed by atoms with van der Waals surface area (Å²) in [6.07, 6.45) is 0. The Hall–Kier alpha value is -2.58. The van der Waals surface area contributed by atoms with E-state index in [0.29, 0.717) is 5.56 Å². The second-order valence-electron chi connectivity index (χ2n) is 3.58. The molecule has 0 atom stereocenters. The molecule has 18 heavy (non-hydrogen) atoms. The van der Waals surface area contributed by atoms with Gasteiger partial charge < -0.3 is 0 Å². The Morgan fingerprint density at radius 2 is 1.33 bits per heavy atom. The van der Waals surface area contributed by atoms with Crippen LogP contribution in [-0.2, 0) is 0 Å². The zero-order valence-electron chi connectivity index (χ0n) is 9.09. The van der Waals surface area contributed by atoms with Crippen LogP contribution in [0.15, 0.2) is 24.3 Å². The summed E-state index contributed by atoms with van der Waals surface area (Å²) in [6, 6.07) is 4.94. The average Bonchev–Trinajstić information content (AvgIpc) is 2.27. The number of nitrogens with zero attached hydrogens (tertiary/aromatic N) is 3. The summed E-state index contributed by atoms with van der Waals surface area (Å²) >= 11 is 0. The van der Waals surface area contributed by atoms with Gasteiger partial charge in [0, 0.05) is 22.0 Å². The molecule has 0 unspecified atom stereocenters. The molecule has 9 nitrogen and oxygen atoms in total. The first-order chi connectivity index (χ1) is 8.40. The van der Waals surface area contributed by atoms with Crippen molar-refractivity contribution in [2.24, 2.45) is 0 Å². The second kappa shape index (κ2) is 5.66. The molecule has 0 radical (unpaired) electrons. The molecule has 9 heteroatoms. The van der Waals surface area contributed by atoms with Gasteiger partial charge in [0.05, 0.1) is 4.92 Å². The first-order valence-corrected chi connectivity index (χ1v) is 4.88. The van der Waals surface area contributed by atoms with Crippen LogP contribution >= 0.6 is 0 Å². The lowest BCUT2D eigenvalue weighted by Crippen LogP contribution is -2.20. The Balaban J connectivity index is 2.93. The van der Waals surface area contributed by atoms with Crippen molar-refractivity contribution in [1.82, 2.24) is 0 Å². The monoisotopic (exact) mass is 255 g/mol. The van der Waals surface area contributed by atoms with E-state index in [2.05, 4.69) is 0 Å². The Labute approximate surface area is 100 Å². The van der Waals surface area contributed by atoms with Crippen LogP contribution in [-0.4, -0.2) is 27.9 Å². The lowest BCUT2D eigenvalue weighted by atomic mass is 9.99. The summed E-state index contributed by atoms with van der Waals surface area (Å²) in [7, 11) is 0. The van der Waals surface area contributed by atoms with E-state index >= 15 is 0 Å². The Bertz CT molecular complexity index is 456. The molecule has 0 N–H and O–H groups in total. The molecule has 0 aliphatic carbocycles. The van der Waals surface area contributed by atoms with Gasteiger partial charge in [-0.05, 0) is 5.56 Å². The topological polar surface area (TPSA) is 129 Å². The highest BCUT2D eigenvalue weighted by Gasteiger charge is 2.24. The zero-order chi connectivity index (χ0) is 13.7. The number of hydrogen-bond donors (Lipinski definition) is 0. The first-order valence-electron chi connectivity index (χ1n) is 4.88. The van der Waals surface area contributed by atoms with Crippen molar-refractivity contribution in [3.63, 3.8) is 0 Å². The molecule has 0 saturated carbocycles. The zero-order valence-corrected chi connectivity index (χ0v) is 9.09. The summed E-state index contributed by atoms with van der Waals surface area (Å²) in [5.41, 5.74) is 0.175. The van der Waals surface area contributed by atoms with E-state index in [9.17, 15) is 30.3 Å². The van der Waals surface area contributed by atoms with Crippen LogP contribution in [0, 0.1) is 30.3 Å². The largest absolute Gasteiger partial charge is 0.269 e. The van der Waals surface area contributed by atoms with Gasteiger partial charge >= 0.3 is 0 Å². The highest BCUT2D eigenvalue weighted by molar-refractivity contribution is 5.34. The fourth-order valence-electron chi connectivity index (χ4n) is 1.50. The fourth-order valence-corrected chi connectivity index (χ4v) is 1.50. The lowest BCUT2D eigenvalue weighted by Gasteiger charge is -2.08. The van der Waals surface area contributed by atoms with Crippen molar-refractivity contribution in [3.05, 3.63) is 60.2 Å². The molecule has 0 aliphatic heterocycles. The number of non-ortho nitro benzene ring substituents is 1. The maximum atomic E-state index is 10.4. The number of nitro groups is 3. The molecule has 0 bridgehead atoms. The van der Waals surface area contributed by atoms with E-state index in [1.807, 2.05) is 0 Å². The summed E-state index contributed by atoms with van der Waals surface area (Å²) in [5, 5.41) is 31.3. The van der Waals surface area contributed by atoms with E-state index in [1.165, 1.54) is 24.3 Å². The number of hydrogen-bond acceptors (Lipinski definition) is 6. The summed E-state index contributed by atoms with van der Waals surface area (Å²) < 4.78 is 0. The average molecular weight is 255 g/mol. The number of benzene rings is 1. The van der Waals surface area contributed by atoms with Crippen molar-refractivity contribution in [2.45, 2.75) is 5.92 Å². The Morgan fingerprint density at radius 1 is 0.889 bits per heavy atom. The molecule has 0 fully saturated rings. The van der Waals surface area contributed by atoms with Crippen molar-refractivity contribution < 1.29 is 14.8 Å². The predicted molar refractivity (Wildman–Crippen MR) is 59.6 cm³/mol. The van der Waals surface area contributed by atoms with Crippen LogP contribution in [0.2, 0.25) is 0 Å². The minimum Gasteiger partial charge on any atom is -0.265 e. The second-order valence-corrected chi connectivity index (χ2v) is 3.58. The number of nitro benzene ring substituents is 1. The first kappa shape index (κ1) is 13.5. The molecule has 96 valence electrons. The van der Waals surface area contributed by atoms with Crippen molar-refractivity contribution in [3.8, 4) is 0 Å². The summed E-state index contributed by atoms with van der Waals surface area (Å²) in [6.45, 7) is -1.17. The summed E-state index contributed by atoms with van der Waals surface area (Å²) in [5.74, 6) is -0.893. The smallest absolute Gasteiger partial charge is 0.265 e. The van der Waals surface area contributed by atoms with Crippen LogP contribution in [0.25, 0.3) is 0 Å². The Morgan fingerprint density at radius 3 is 1.67 bits per heavy atom. The van der Waals surface area contributed by atoms with Gasteiger partial charge in [-0.25, -0.2) is 0 Å². The third-order valence-electron chi connectivity index (χ3n) is 2.31. The maximum Gasteiger partial charge on any atom is 0.269 e. The van der Waals surface area contributed by atoms with Crippen LogP contribution in [0.4, 0.5) is 5.69 Å². The molecule has 0 spiro atoms. The molecular weight excluding hydrogens is 246 g/mol. The SMILES string of the molecule is O=[N+]([O-])CC(C[N+](=O)[O-])c1ccc([N+](=O)[O-])cc1. The quantitative estimate of drug-likeness (QED) is 0.555. The predicted octanol–water partition coefficient (Wildman–Crippen LogP) is 1.23. The third-order valence-corrected chi connectivity index (χ3v) is 2.31. The van der Waals surface area contributed by atoms with Gasteiger partial charge in [0.1, 0.15) is 5.92 Å². The van der Waals surface area contributed by atoms with Gasteiger partial charge in [0.15, 0.2) is 0 Å². The van der Waals surface area contributed by atoms with E-state index in [-0.39, 0.29) is 5.69 Å². The number of rotatable bonds is 6. The van der Waals surface area contributed by atoms with Gasteiger partial charge in [0.2, 0.25) is 13.1 Å². The van der Waals surface area contributed by atoms with Crippen LogP contribution in [0.3, 0.4) is 0 Å². The van der Waals surface area contributed by atoms with Gasteiger partial charge in [-0.2, -0.15) is 0 Å². The highest BCUT2D eigenvalue weighted by atomic mass is 16.6. The lowest BCUT2D eigenvalue weighted by molar-refractivity contribution is -0.516. The Kier molecular flexibility index (Phi) is 4.24. The molecule has 0 aromatic heterocycles. The molecule has 0 saturated heterocycles. The van der Waals surface area contributed by atoms with Crippen molar-refractivity contribution >= 4 is 5.69 Å². The van der Waals surface area contributed by atoms with Crippen LogP contribution in [0.5, 0.6) is 0 Å². The highest BCUT2D eigenvalue weighted by Crippen LogP contribution is 2.20. The summed E-state index contributed by atoms with van der Waals surface area (Å²) in [4.78, 5) is 29.4. The van der Waals surface area contributed by atoms with Gasteiger partial charge in [0.25, 0.3) is 5.69 Å². The van der Waals surface area contributed by atoms with E-state index in [1.54, 1.807) is 0 Å². The third kappa shape index (κ3) is 3.77. The maximum absolute atomic E-state index is 10.4. The van der Waals surface area contributed by atoms with E-state index in [4.69, 9.17) is 0 Å². The fraction of sp³-hybridized carbons (Fsp3) is 0.333. The van der Waals surface area contributed by atoms with E-state index in [0.717, 1.165) is 0 Å². The molecule has 1 rings (SSSR count). The van der Waals surface area contributed by atoms with Gasteiger partial charge in [-0.15, -0.1) is 0 Å². The van der Waals surface area contributed by atoms with Crippen molar-refractivity contribution in [1.29, 1.82) is 0 Å². The van der Waals surface area contributed by atoms with E-state index < -0.39 is 33.8 Å². The van der Waals surface area contributed by atoms with Crippen LogP contribution < -0.4 is 0 Å². The molecule has 0 heterocycles. The normalized spacial score (nSPS) is 10.3. The molecule has 0 amide bonds. The molecule has 0 aliphatic rings. The minimum absolute atomic E-state index is 0.167. The molecule has 1 aromatic rings. The minimum atomic E-state index is -0.893. The van der Waals surface area contributed by atoms with Crippen LogP contribution in [0.1, 0.15) is 11.5 Å². The van der Waals surface area contributed by atoms with Gasteiger partial charge in [-0.3, -0.25) is 30.3 Å².